The number of fused-ring (bicyclic) bond motifs is 1. The van der Waals surface area contributed by atoms with Crippen LogP contribution in [0.1, 0.15) is 28.8 Å². The molecule has 0 amide bonds. The minimum absolute atomic E-state index is 0.904. The van der Waals surface area contributed by atoms with Crippen molar-refractivity contribution in [3.05, 3.63) is 57.2 Å². The van der Waals surface area contributed by atoms with E-state index in [0.717, 1.165) is 22.5 Å². The van der Waals surface area contributed by atoms with Gasteiger partial charge in [0.2, 0.25) is 0 Å². The molecule has 0 saturated carbocycles. The van der Waals surface area contributed by atoms with Gasteiger partial charge in [-0.3, -0.25) is 0 Å². The molecule has 0 radical (unpaired) electrons. The van der Waals surface area contributed by atoms with Crippen molar-refractivity contribution in [1.82, 2.24) is 4.98 Å². The van der Waals surface area contributed by atoms with Crippen LogP contribution in [-0.2, 0) is 19.4 Å². The normalized spacial score (nSPS) is 13.3. The van der Waals surface area contributed by atoms with E-state index in [1.807, 2.05) is 6.92 Å². The fourth-order valence-electron chi connectivity index (χ4n) is 2.82. The van der Waals surface area contributed by atoms with Gasteiger partial charge in [0.1, 0.15) is 5.82 Å². The molecular weight excluding hydrogens is 312 g/mol. The van der Waals surface area contributed by atoms with Crippen LogP contribution in [0, 0.1) is 6.92 Å². The second-order valence-corrected chi connectivity index (χ2v) is 6.40. The molecule has 2 aromatic rings. The minimum atomic E-state index is 0.904. The summed E-state index contributed by atoms with van der Waals surface area (Å²) in [7, 11) is 2.10. The summed E-state index contributed by atoms with van der Waals surface area (Å²) in [6.45, 7) is 2.93. The van der Waals surface area contributed by atoms with Crippen molar-refractivity contribution in [2.45, 2.75) is 32.7 Å². The SMILES string of the molecule is Cc1nc(N(C)Cc2ccc3c(c2)CCC3)ccc1Br. The average Bonchev–Trinajstić information content (AvgIpc) is 2.89. The molecule has 1 heterocycles. The lowest BCUT2D eigenvalue weighted by Crippen LogP contribution is -2.18. The van der Waals surface area contributed by atoms with Gasteiger partial charge in [-0.2, -0.15) is 0 Å². The monoisotopic (exact) mass is 330 g/mol. The highest BCUT2D eigenvalue weighted by Crippen LogP contribution is 2.24. The number of nitrogens with zero attached hydrogens (tertiary/aromatic N) is 2. The van der Waals surface area contributed by atoms with Gasteiger partial charge in [-0.05, 0) is 70.9 Å². The number of benzene rings is 1. The van der Waals surface area contributed by atoms with E-state index in [1.165, 1.54) is 36.0 Å². The molecule has 1 aromatic carbocycles. The van der Waals surface area contributed by atoms with Crippen LogP contribution in [0.2, 0.25) is 0 Å². The van der Waals surface area contributed by atoms with E-state index < -0.39 is 0 Å². The Morgan fingerprint density at radius 3 is 2.75 bits per heavy atom. The van der Waals surface area contributed by atoms with Crippen molar-refractivity contribution in [1.29, 1.82) is 0 Å². The highest BCUT2D eigenvalue weighted by atomic mass is 79.9. The molecule has 1 aromatic heterocycles. The van der Waals surface area contributed by atoms with E-state index in [0.29, 0.717) is 0 Å². The van der Waals surface area contributed by atoms with Crippen LogP contribution in [0.4, 0.5) is 5.82 Å². The molecule has 104 valence electrons. The first-order chi connectivity index (χ1) is 9.63. The van der Waals surface area contributed by atoms with Crippen molar-refractivity contribution in [2.75, 3.05) is 11.9 Å². The number of rotatable bonds is 3. The predicted octanol–water partition coefficient (Wildman–Crippen LogP) is 4.28. The van der Waals surface area contributed by atoms with Gasteiger partial charge in [0.25, 0.3) is 0 Å². The Hall–Kier alpha value is -1.35. The van der Waals surface area contributed by atoms with Gasteiger partial charge in [-0.15, -0.1) is 0 Å². The van der Waals surface area contributed by atoms with Crippen LogP contribution < -0.4 is 4.90 Å². The molecule has 3 heteroatoms. The molecule has 2 nitrogen and oxygen atoms in total. The highest BCUT2D eigenvalue weighted by Gasteiger charge is 2.12. The maximum atomic E-state index is 4.62. The molecule has 0 unspecified atom stereocenters. The van der Waals surface area contributed by atoms with Crippen LogP contribution in [0.5, 0.6) is 0 Å². The summed E-state index contributed by atoms with van der Waals surface area (Å²) in [5.41, 5.74) is 5.48. The fraction of sp³-hybridized carbons (Fsp3) is 0.353. The average molecular weight is 331 g/mol. The summed E-state index contributed by atoms with van der Waals surface area (Å²) in [6, 6.07) is 11.0. The van der Waals surface area contributed by atoms with E-state index >= 15 is 0 Å². The van der Waals surface area contributed by atoms with Crippen LogP contribution in [0.3, 0.4) is 0 Å². The summed E-state index contributed by atoms with van der Waals surface area (Å²) in [4.78, 5) is 6.82. The van der Waals surface area contributed by atoms with E-state index in [4.69, 9.17) is 0 Å². The second-order valence-electron chi connectivity index (χ2n) is 5.55. The Kier molecular flexibility index (Phi) is 3.79. The Morgan fingerprint density at radius 2 is 1.95 bits per heavy atom. The topological polar surface area (TPSA) is 16.1 Å². The lowest BCUT2D eigenvalue weighted by molar-refractivity contribution is 0.887. The Morgan fingerprint density at radius 1 is 1.15 bits per heavy atom. The molecule has 0 atom stereocenters. The molecule has 0 aliphatic heterocycles. The van der Waals surface area contributed by atoms with Crippen LogP contribution in [-0.4, -0.2) is 12.0 Å². The largest absolute Gasteiger partial charge is 0.355 e. The third-order valence-electron chi connectivity index (χ3n) is 3.98. The zero-order valence-corrected chi connectivity index (χ0v) is 13.6. The number of aryl methyl sites for hydroxylation is 3. The summed E-state index contributed by atoms with van der Waals surface area (Å²) in [6.07, 6.45) is 3.80. The second kappa shape index (κ2) is 5.57. The smallest absolute Gasteiger partial charge is 0.128 e. The van der Waals surface area contributed by atoms with Crippen LogP contribution in [0.25, 0.3) is 0 Å². The van der Waals surface area contributed by atoms with Crippen molar-refractivity contribution >= 4 is 21.7 Å². The van der Waals surface area contributed by atoms with E-state index in [9.17, 15) is 0 Å². The molecule has 20 heavy (non-hydrogen) atoms. The van der Waals surface area contributed by atoms with Crippen LogP contribution >= 0.6 is 15.9 Å². The Balaban J connectivity index is 1.78. The van der Waals surface area contributed by atoms with Crippen molar-refractivity contribution in [3.8, 4) is 0 Å². The molecule has 3 rings (SSSR count). The van der Waals surface area contributed by atoms with Crippen molar-refractivity contribution < 1.29 is 0 Å². The van der Waals surface area contributed by atoms with Gasteiger partial charge in [0.15, 0.2) is 0 Å². The van der Waals surface area contributed by atoms with E-state index in [1.54, 1.807) is 0 Å². The maximum Gasteiger partial charge on any atom is 0.128 e. The molecular formula is C17H19BrN2. The third-order valence-corrected chi connectivity index (χ3v) is 4.82. The predicted molar refractivity (Wildman–Crippen MR) is 87.2 cm³/mol. The minimum Gasteiger partial charge on any atom is -0.355 e. The van der Waals surface area contributed by atoms with E-state index in [-0.39, 0.29) is 0 Å². The fourth-order valence-corrected chi connectivity index (χ4v) is 3.04. The lowest BCUT2D eigenvalue weighted by atomic mass is 10.1. The summed E-state index contributed by atoms with van der Waals surface area (Å²) in [5, 5.41) is 0. The first-order valence-electron chi connectivity index (χ1n) is 7.08. The molecule has 1 aliphatic rings. The Bertz CT molecular complexity index is 637. The molecule has 0 bridgehead atoms. The maximum absolute atomic E-state index is 4.62. The summed E-state index contributed by atoms with van der Waals surface area (Å²) >= 11 is 3.50. The standard InChI is InChI=1S/C17H19BrN2/c1-12-16(18)8-9-17(19-12)20(2)11-13-6-7-14-4-3-5-15(14)10-13/h6-10H,3-5,11H2,1-2H3. The number of hydrogen-bond donors (Lipinski definition) is 0. The van der Waals surface area contributed by atoms with E-state index in [2.05, 4.69) is 63.2 Å². The molecule has 0 spiro atoms. The molecule has 1 aliphatic carbocycles. The number of hydrogen-bond acceptors (Lipinski definition) is 2. The zero-order valence-electron chi connectivity index (χ0n) is 12.0. The van der Waals surface area contributed by atoms with Gasteiger partial charge in [0, 0.05) is 18.1 Å². The first-order valence-corrected chi connectivity index (χ1v) is 7.88. The number of aromatic nitrogens is 1. The van der Waals surface area contributed by atoms with Crippen LogP contribution in [0.15, 0.2) is 34.8 Å². The van der Waals surface area contributed by atoms with Gasteiger partial charge in [-0.1, -0.05) is 18.2 Å². The first kappa shape index (κ1) is 13.6. The van der Waals surface area contributed by atoms with Gasteiger partial charge < -0.3 is 4.90 Å². The number of halogens is 1. The quantitative estimate of drug-likeness (QED) is 0.835. The van der Waals surface area contributed by atoms with Gasteiger partial charge >= 0.3 is 0 Å². The van der Waals surface area contributed by atoms with Gasteiger partial charge in [-0.25, -0.2) is 4.98 Å². The summed E-state index contributed by atoms with van der Waals surface area (Å²) in [5.74, 6) is 1.02. The zero-order chi connectivity index (χ0) is 14.1. The molecule has 0 fully saturated rings. The molecule has 0 N–H and O–H groups in total. The number of pyridine rings is 1. The number of anilines is 1. The van der Waals surface area contributed by atoms with Crippen molar-refractivity contribution in [2.24, 2.45) is 0 Å². The summed E-state index contributed by atoms with van der Waals surface area (Å²) < 4.78 is 1.06. The Labute approximate surface area is 129 Å². The van der Waals surface area contributed by atoms with Crippen molar-refractivity contribution in [3.63, 3.8) is 0 Å². The highest BCUT2D eigenvalue weighted by molar-refractivity contribution is 9.10. The lowest BCUT2D eigenvalue weighted by Gasteiger charge is -2.19. The molecule has 0 saturated heterocycles. The third kappa shape index (κ3) is 2.73. The van der Waals surface area contributed by atoms with Gasteiger partial charge in [0.05, 0.1) is 5.69 Å².